The zero-order chi connectivity index (χ0) is 29.1. The van der Waals surface area contributed by atoms with Gasteiger partial charge in [0.2, 0.25) is 10.0 Å². The van der Waals surface area contributed by atoms with Crippen molar-refractivity contribution in [3.05, 3.63) is 82.5 Å². The number of hydrogen-bond acceptors (Lipinski definition) is 7. The van der Waals surface area contributed by atoms with E-state index >= 15 is 0 Å². The Labute approximate surface area is 242 Å². The van der Waals surface area contributed by atoms with Gasteiger partial charge in [-0.3, -0.25) is 4.79 Å². The van der Waals surface area contributed by atoms with E-state index in [1.165, 1.54) is 17.2 Å². The first kappa shape index (κ1) is 28.6. The summed E-state index contributed by atoms with van der Waals surface area (Å²) in [5.41, 5.74) is 5.82. The molecule has 0 radical (unpaired) electrons. The van der Waals surface area contributed by atoms with Gasteiger partial charge in [-0.05, 0) is 86.1 Å². The van der Waals surface area contributed by atoms with E-state index in [9.17, 15) is 18.5 Å². The summed E-state index contributed by atoms with van der Waals surface area (Å²) in [6.07, 6.45) is 4.54. The number of primary sulfonamides is 1. The number of piperidine rings is 1. The van der Waals surface area contributed by atoms with E-state index in [1.54, 1.807) is 12.3 Å². The quantitative estimate of drug-likeness (QED) is 0.478. The van der Waals surface area contributed by atoms with Crippen LogP contribution >= 0.6 is 0 Å². The number of nitriles is 1. The van der Waals surface area contributed by atoms with Crippen molar-refractivity contribution in [3.8, 4) is 6.07 Å². The van der Waals surface area contributed by atoms with Crippen molar-refractivity contribution in [1.82, 2.24) is 9.88 Å². The number of piperazine rings is 1. The first-order chi connectivity index (χ1) is 19.7. The highest BCUT2D eigenvalue weighted by atomic mass is 32.2. The van der Waals surface area contributed by atoms with Gasteiger partial charge in [0.15, 0.2) is 0 Å². The molecular formula is C31H36N6O3S. The predicted octanol–water partition coefficient (Wildman–Crippen LogP) is 3.64. The maximum atomic E-state index is 13.6. The van der Waals surface area contributed by atoms with Crippen molar-refractivity contribution in [2.45, 2.75) is 38.0 Å². The van der Waals surface area contributed by atoms with Gasteiger partial charge >= 0.3 is 0 Å². The van der Waals surface area contributed by atoms with Crippen LogP contribution in [-0.4, -0.2) is 63.5 Å². The summed E-state index contributed by atoms with van der Waals surface area (Å²) >= 11 is 0. The number of carbonyl (C=O) groups excluding carboxylic acids is 1. The molecule has 41 heavy (non-hydrogen) atoms. The summed E-state index contributed by atoms with van der Waals surface area (Å²) in [4.78, 5) is 23.9. The molecule has 1 amide bonds. The summed E-state index contributed by atoms with van der Waals surface area (Å²) < 4.78 is 24.1. The van der Waals surface area contributed by atoms with E-state index < -0.39 is 10.0 Å². The molecule has 0 spiro atoms. The number of amides is 1. The van der Waals surface area contributed by atoms with Gasteiger partial charge < -0.3 is 14.7 Å². The number of carbonyl (C=O) groups is 1. The number of hydrogen-bond donors (Lipinski definition) is 1. The molecule has 214 valence electrons. The van der Waals surface area contributed by atoms with Gasteiger partial charge in [0, 0.05) is 51.0 Å². The normalized spacial score (nSPS) is 16.5. The van der Waals surface area contributed by atoms with Crippen molar-refractivity contribution in [3.63, 3.8) is 0 Å². The second-order valence-electron chi connectivity index (χ2n) is 11.0. The molecule has 2 saturated heterocycles. The SMILES string of the molecule is Cc1cc(C)c(C(=O)N2CCN(c3ncccc3S(N)(=O)=O)CC2)cc1CC1CCN(c2ccccc2C#N)CC1. The van der Waals surface area contributed by atoms with Crippen LogP contribution < -0.4 is 14.9 Å². The van der Waals surface area contributed by atoms with Crippen LogP contribution in [0, 0.1) is 31.1 Å². The number of anilines is 2. The molecule has 2 aliphatic rings. The number of sulfonamides is 1. The maximum Gasteiger partial charge on any atom is 0.254 e. The van der Waals surface area contributed by atoms with Crippen LogP contribution in [0.3, 0.4) is 0 Å². The van der Waals surface area contributed by atoms with Gasteiger partial charge in [0.05, 0.1) is 11.3 Å². The Hall–Kier alpha value is -3.94. The summed E-state index contributed by atoms with van der Waals surface area (Å²) in [5.74, 6) is 0.844. The minimum absolute atomic E-state index is 0.000907. The molecule has 2 aromatic carbocycles. The smallest absolute Gasteiger partial charge is 0.254 e. The molecule has 9 nitrogen and oxygen atoms in total. The lowest BCUT2D eigenvalue weighted by atomic mass is 9.86. The van der Waals surface area contributed by atoms with Crippen LogP contribution in [0.25, 0.3) is 0 Å². The average Bonchev–Trinajstić information content (AvgIpc) is 2.98. The molecule has 10 heteroatoms. The highest BCUT2D eigenvalue weighted by Crippen LogP contribution is 2.30. The summed E-state index contributed by atoms with van der Waals surface area (Å²) in [6, 6.07) is 17.3. The van der Waals surface area contributed by atoms with E-state index in [0.29, 0.717) is 43.5 Å². The number of aryl methyl sites for hydroxylation is 2. The fourth-order valence-electron chi connectivity index (χ4n) is 6.01. The van der Waals surface area contributed by atoms with Gasteiger partial charge in [0.25, 0.3) is 5.91 Å². The predicted molar refractivity (Wildman–Crippen MR) is 159 cm³/mol. The third-order valence-corrected chi connectivity index (χ3v) is 9.26. The second kappa shape index (κ2) is 11.9. The lowest BCUT2D eigenvalue weighted by Crippen LogP contribution is -2.49. The largest absolute Gasteiger partial charge is 0.370 e. The molecule has 0 atom stereocenters. The van der Waals surface area contributed by atoms with E-state index in [2.05, 4.69) is 35.0 Å². The van der Waals surface area contributed by atoms with Crippen LogP contribution in [0.15, 0.2) is 59.6 Å². The lowest BCUT2D eigenvalue weighted by molar-refractivity contribution is 0.0745. The molecule has 0 saturated carbocycles. The zero-order valence-corrected chi connectivity index (χ0v) is 24.4. The van der Waals surface area contributed by atoms with Crippen LogP contribution in [0.4, 0.5) is 11.5 Å². The molecular weight excluding hydrogens is 536 g/mol. The number of nitrogens with two attached hydrogens (primary N) is 1. The number of pyridine rings is 1. The molecule has 1 aromatic heterocycles. The Morgan fingerprint density at radius 3 is 2.37 bits per heavy atom. The second-order valence-corrected chi connectivity index (χ2v) is 12.5. The molecule has 2 aliphatic heterocycles. The van der Waals surface area contributed by atoms with E-state index in [4.69, 9.17) is 5.14 Å². The van der Waals surface area contributed by atoms with Crippen molar-refractivity contribution < 1.29 is 13.2 Å². The number of nitrogens with zero attached hydrogens (tertiary/aromatic N) is 5. The average molecular weight is 573 g/mol. The van der Waals surface area contributed by atoms with Crippen LogP contribution in [0.2, 0.25) is 0 Å². The number of para-hydroxylation sites is 1. The van der Waals surface area contributed by atoms with Crippen molar-refractivity contribution in [2.24, 2.45) is 11.1 Å². The van der Waals surface area contributed by atoms with E-state index in [0.717, 1.165) is 49.2 Å². The van der Waals surface area contributed by atoms with Crippen molar-refractivity contribution in [1.29, 1.82) is 5.26 Å². The van der Waals surface area contributed by atoms with Crippen molar-refractivity contribution >= 4 is 27.4 Å². The Kier molecular flexibility index (Phi) is 8.29. The first-order valence-corrected chi connectivity index (χ1v) is 15.6. The van der Waals surface area contributed by atoms with Crippen LogP contribution in [-0.2, 0) is 16.4 Å². The van der Waals surface area contributed by atoms with E-state index in [1.807, 2.05) is 41.0 Å². The number of benzene rings is 2. The molecule has 3 heterocycles. The highest BCUT2D eigenvalue weighted by Gasteiger charge is 2.28. The van der Waals surface area contributed by atoms with Crippen molar-refractivity contribution in [2.75, 3.05) is 49.1 Å². The summed E-state index contributed by atoms with van der Waals surface area (Å²) in [7, 11) is -3.90. The van der Waals surface area contributed by atoms with Gasteiger partial charge in [-0.2, -0.15) is 5.26 Å². The Morgan fingerprint density at radius 2 is 1.68 bits per heavy atom. The zero-order valence-electron chi connectivity index (χ0n) is 23.6. The van der Waals surface area contributed by atoms with Crippen LogP contribution in [0.5, 0.6) is 0 Å². The topological polar surface area (TPSA) is 124 Å². The fourth-order valence-corrected chi connectivity index (χ4v) is 6.72. The first-order valence-electron chi connectivity index (χ1n) is 14.0. The molecule has 0 aliphatic carbocycles. The standard InChI is InChI=1S/C31H36N6O3S/c1-22-18-23(2)27(20-26(22)19-24-9-12-35(13-10-24)28-7-4-3-6-25(28)21-32)31(38)37-16-14-36(15-17-37)30-29(41(33,39)40)8-5-11-34-30/h3-8,11,18,20,24H,9-10,12-17,19H2,1-2H3,(H2,33,39,40). The minimum Gasteiger partial charge on any atom is -0.370 e. The number of rotatable bonds is 6. The van der Waals surface area contributed by atoms with Crippen LogP contribution in [0.1, 0.15) is 45.5 Å². The Morgan fingerprint density at radius 1 is 0.976 bits per heavy atom. The molecule has 3 aromatic rings. The molecule has 2 fully saturated rings. The monoisotopic (exact) mass is 572 g/mol. The maximum absolute atomic E-state index is 13.6. The molecule has 0 unspecified atom stereocenters. The van der Waals surface area contributed by atoms with Gasteiger partial charge in [-0.15, -0.1) is 0 Å². The Balaban J connectivity index is 1.24. The van der Waals surface area contributed by atoms with Gasteiger partial charge in [0.1, 0.15) is 16.8 Å². The third kappa shape index (κ3) is 6.21. The van der Waals surface area contributed by atoms with E-state index in [-0.39, 0.29) is 10.8 Å². The van der Waals surface area contributed by atoms with Gasteiger partial charge in [-0.1, -0.05) is 18.2 Å². The lowest BCUT2D eigenvalue weighted by Gasteiger charge is -2.36. The third-order valence-electron chi connectivity index (χ3n) is 8.33. The molecule has 0 bridgehead atoms. The minimum atomic E-state index is -3.90. The van der Waals surface area contributed by atoms with Gasteiger partial charge in [-0.25, -0.2) is 18.5 Å². The summed E-state index contributed by atoms with van der Waals surface area (Å²) in [6.45, 7) is 7.78. The number of aromatic nitrogens is 1. The highest BCUT2D eigenvalue weighted by molar-refractivity contribution is 7.89. The molecule has 5 rings (SSSR count). The molecule has 2 N–H and O–H groups in total. The summed E-state index contributed by atoms with van der Waals surface area (Å²) in [5, 5.41) is 14.9. The fraction of sp³-hybridized carbons (Fsp3) is 0.387. The Bertz CT molecular complexity index is 1580.